The number of aliphatic hydroxyl groups is 2. The molecule has 0 aromatic heterocycles. The van der Waals surface area contributed by atoms with Crippen LogP contribution in [0.4, 0.5) is 0 Å². The number of nitrogens with two attached hydrogens (primary N) is 2. The molecule has 2 aromatic rings. The summed E-state index contributed by atoms with van der Waals surface area (Å²) in [5.74, 6) is 6.20. The zero-order valence-corrected chi connectivity index (χ0v) is 29.0. The number of hydrogen-bond acceptors (Lipinski definition) is 8. The van der Waals surface area contributed by atoms with Gasteiger partial charge in [-0.25, -0.2) is 0 Å². The molecule has 1 unspecified atom stereocenters. The quantitative estimate of drug-likeness (QED) is 0.0876. The molecule has 8 N–H and O–H groups in total. The van der Waals surface area contributed by atoms with Gasteiger partial charge in [0.1, 0.15) is 36.8 Å². The number of carbonyl (C=O) groups is 1. The van der Waals surface area contributed by atoms with Gasteiger partial charge in [0.15, 0.2) is 11.5 Å². The molecular formula is C40H53N4O5+. The number of unbranched alkanes of at least 4 members (excludes halogenated alkanes) is 4. The molecule has 3 aliphatic heterocycles. The molecule has 49 heavy (non-hydrogen) atoms. The number of aliphatic imine (C=N–C) groups is 1. The summed E-state index contributed by atoms with van der Waals surface area (Å²) in [6, 6.07) is 10.8. The Kier molecular flexibility index (Phi) is 12.8. The molecule has 3 aliphatic rings. The van der Waals surface area contributed by atoms with E-state index in [0.29, 0.717) is 56.4 Å². The van der Waals surface area contributed by atoms with E-state index in [1.165, 1.54) is 0 Å². The standard InChI is InChI=1S/C40H52N4O5/c1-3-5-7-10-31(35(46)11-8-6-4-2)36(47)18-14-26-15-19-37(48)38(20-26)49-39-13-9-12-34(45)30-17-16-27(40(41)42)21-28(30)22-29-23-43-33-25-44(39)24-32(29)33/h15-17,19-21,23-24,31,34-35,39-40,45-46,48H,3-8,10-11,13-14,18,22,25,41-42H2,1-2H3/p+1/t31-,34+,35-,39+/m1/s1. The molecule has 2 bridgehead atoms. The van der Waals surface area contributed by atoms with Gasteiger partial charge >= 0.3 is 0 Å². The Balaban J connectivity index is 1.32. The van der Waals surface area contributed by atoms with E-state index in [1.807, 2.05) is 30.5 Å². The molecule has 0 radical (unpaired) electrons. The van der Waals surface area contributed by atoms with E-state index in [4.69, 9.17) is 21.2 Å². The molecular weight excluding hydrogens is 616 g/mol. The summed E-state index contributed by atoms with van der Waals surface area (Å²) < 4.78 is 6.49. The van der Waals surface area contributed by atoms with Gasteiger partial charge in [-0.2, -0.15) is 0 Å². The lowest BCUT2D eigenvalue weighted by Crippen LogP contribution is -3.12. The minimum atomic E-state index is -1.01. The van der Waals surface area contributed by atoms with Crippen LogP contribution in [-0.2, 0) is 17.6 Å². The van der Waals surface area contributed by atoms with Gasteiger partial charge in [0, 0.05) is 25.0 Å². The van der Waals surface area contributed by atoms with Gasteiger partial charge in [-0.3, -0.25) is 14.7 Å². The van der Waals surface area contributed by atoms with Gasteiger partial charge in [0.2, 0.25) is 6.23 Å². The Hall–Kier alpha value is -3.78. The fourth-order valence-corrected chi connectivity index (χ4v) is 7.01. The zero-order chi connectivity index (χ0) is 34.9. The minimum Gasteiger partial charge on any atom is -0.504 e. The van der Waals surface area contributed by atoms with Crippen LogP contribution in [0.5, 0.6) is 11.5 Å². The van der Waals surface area contributed by atoms with E-state index >= 15 is 0 Å². The van der Waals surface area contributed by atoms with Crippen LogP contribution >= 0.6 is 0 Å². The van der Waals surface area contributed by atoms with Crippen molar-refractivity contribution in [2.75, 3.05) is 6.54 Å². The summed E-state index contributed by atoms with van der Waals surface area (Å²) in [4.78, 5) is 19.1. The first-order chi connectivity index (χ1) is 23.7. The molecule has 0 saturated heterocycles. The van der Waals surface area contributed by atoms with Crippen molar-refractivity contribution in [3.63, 3.8) is 0 Å². The zero-order valence-electron chi connectivity index (χ0n) is 29.0. The molecule has 262 valence electrons. The van der Waals surface area contributed by atoms with Crippen LogP contribution in [0.2, 0.25) is 0 Å². The first-order valence-electron chi connectivity index (χ1n) is 18.0. The summed E-state index contributed by atoms with van der Waals surface area (Å²) in [5, 5.41) is 32.9. The Morgan fingerprint density at radius 1 is 1.08 bits per heavy atom. The molecule has 0 saturated carbocycles. The van der Waals surface area contributed by atoms with Crippen molar-refractivity contribution >= 4 is 11.5 Å². The molecule has 9 heteroatoms. The van der Waals surface area contributed by atoms with Gasteiger partial charge in [0.05, 0.1) is 17.8 Å². The predicted molar refractivity (Wildman–Crippen MR) is 192 cm³/mol. The maximum atomic E-state index is 13.4. The molecule has 0 fully saturated rings. The molecule has 3 heterocycles. The lowest BCUT2D eigenvalue weighted by atomic mass is 9.86. The number of allylic oxidation sites excluding steroid dienone is 1. The Labute approximate surface area is 290 Å². The van der Waals surface area contributed by atoms with Gasteiger partial charge in [-0.05, 0) is 59.2 Å². The van der Waals surface area contributed by atoms with E-state index in [-0.39, 0.29) is 17.5 Å². The molecule has 0 aliphatic carbocycles. The molecule has 5 atom stereocenters. The largest absolute Gasteiger partial charge is 0.504 e. The van der Waals surface area contributed by atoms with E-state index in [2.05, 4.69) is 31.9 Å². The van der Waals surface area contributed by atoms with Crippen LogP contribution in [0.25, 0.3) is 0 Å². The summed E-state index contributed by atoms with van der Waals surface area (Å²) in [6.07, 6.45) is 10.4. The number of aromatic hydroxyl groups is 1. The number of benzene rings is 2. The second kappa shape index (κ2) is 17.2. The number of aliphatic hydroxyl groups excluding tert-OH is 2. The smallest absolute Gasteiger partial charge is 0.247 e. The second-order valence-electron chi connectivity index (χ2n) is 13.7. The lowest BCUT2D eigenvalue weighted by Gasteiger charge is -2.23. The average molecular weight is 670 g/mol. The number of fused-ring (bicyclic) bond motifs is 2. The highest BCUT2D eigenvalue weighted by molar-refractivity contribution is 6.08. The number of carbonyl (C=O) groups excluding carboxylic acids is 1. The lowest BCUT2D eigenvalue weighted by molar-refractivity contribution is -0.882. The number of ketones is 1. The average Bonchev–Trinajstić information content (AvgIpc) is 3.67. The number of phenols is 1. The van der Waals surface area contributed by atoms with Crippen LogP contribution in [0.3, 0.4) is 0 Å². The summed E-state index contributed by atoms with van der Waals surface area (Å²) >= 11 is 0. The molecule has 0 amide bonds. The van der Waals surface area contributed by atoms with E-state index in [0.717, 1.165) is 77.0 Å². The maximum Gasteiger partial charge on any atom is 0.247 e. The van der Waals surface area contributed by atoms with Crippen LogP contribution < -0.4 is 21.1 Å². The number of aryl methyl sites for hydroxylation is 1. The highest BCUT2D eigenvalue weighted by atomic mass is 16.5. The number of nitrogens with one attached hydrogen (secondary N) is 1. The van der Waals surface area contributed by atoms with Crippen molar-refractivity contribution in [1.82, 2.24) is 0 Å². The van der Waals surface area contributed by atoms with Gasteiger partial charge in [0.25, 0.3) is 0 Å². The Morgan fingerprint density at radius 3 is 2.61 bits per heavy atom. The van der Waals surface area contributed by atoms with E-state index < -0.39 is 24.6 Å². The minimum absolute atomic E-state index is 0.00480. The Bertz CT molecular complexity index is 1630. The third-order valence-electron chi connectivity index (χ3n) is 9.96. The van der Waals surface area contributed by atoms with Crippen molar-refractivity contribution < 1.29 is 29.8 Å². The van der Waals surface area contributed by atoms with Crippen LogP contribution in [0.15, 0.2) is 64.9 Å². The van der Waals surface area contributed by atoms with Gasteiger partial charge in [-0.1, -0.05) is 88.5 Å². The van der Waals surface area contributed by atoms with Crippen LogP contribution in [-0.4, -0.2) is 45.7 Å². The van der Waals surface area contributed by atoms with Crippen molar-refractivity contribution in [1.29, 1.82) is 0 Å². The SMILES string of the molecule is CCCCC[C@@H](O)[C@@H](CCCCC)C(=O)CCc1ccc(O)c(O[C@H]2CC#C[C@H](O)c3ccc(C(N)N)cc3CC3=CN=C4C[NH+]2C=C34)c1. The monoisotopic (exact) mass is 669 g/mol. The highest BCUT2D eigenvalue weighted by Crippen LogP contribution is 2.32. The predicted octanol–water partition coefficient (Wildman–Crippen LogP) is 4.46. The van der Waals surface area contributed by atoms with Crippen molar-refractivity contribution in [2.24, 2.45) is 22.4 Å². The van der Waals surface area contributed by atoms with E-state index in [9.17, 15) is 20.1 Å². The number of nitrogens with zero attached hydrogens (tertiary/aromatic N) is 1. The molecule has 2 aromatic carbocycles. The first-order valence-corrected chi connectivity index (χ1v) is 18.0. The third-order valence-corrected chi connectivity index (χ3v) is 9.96. The molecule has 5 rings (SSSR count). The fraction of sp³-hybridized carbons (Fsp3) is 0.500. The number of ether oxygens (including phenoxy) is 1. The highest BCUT2D eigenvalue weighted by Gasteiger charge is 2.36. The first kappa shape index (κ1) is 36.5. The number of Topliss-reactive ketones (excluding diaryl/α,β-unsaturated/α-hetero) is 1. The Morgan fingerprint density at radius 2 is 1.86 bits per heavy atom. The fourth-order valence-electron chi connectivity index (χ4n) is 7.01. The molecule has 9 nitrogen and oxygen atoms in total. The topological polar surface area (TPSA) is 156 Å². The summed E-state index contributed by atoms with van der Waals surface area (Å²) in [7, 11) is 0. The normalized spacial score (nSPS) is 21.0. The van der Waals surface area contributed by atoms with Crippen molar-refractivity contribution in [3.8, 4) is 23.3 Å². The maximum absolute atomic E-state index is 13.4. The number of hydrogen-bond donors (Lipinski definition) is 6. The van der Waals surface area contributed by atoms with Gasteiger partial charge in [-0.15, -0.1) is 0 Å². The summed E-state index contributed by atoms with van der Waals surface area (Å²) in [5.41, 5.74) is 18.2. The van der Waals surface area contributed by atoms with Crippen molar-refractivity contribution in [3.05, 3.63) is 82.2 Å². The van der Waals surface area contributed by atoms with Crippen molar-refractivity contribution in [2.45, 2.75) is 115 Å². The molecule has 0 spiro atoms. The number of quaternary nitrogens is 1. The second-order valence-corrected chi connectivity index (χ2v) is 13.7. The number of rotatable bonds is 16. The third kappa shape index (κ3) is 9.27. The summed E-state index contributed by atoms with van der Waals surface area (Å²) in [6.45, 7) is 4.87. The number of phenolic OH excluding ortho intramolecular Hbond substituents is 1. The van der Waals surface area contributed by atoms with Crippen LogP contribution in [0, 0.1) is 17.8 Å². The van der Waals surface area contributed by atoms with E-state index in [1.54, 1.807) is 12.1 Å². The van der Waals surface area contributed by atoms with Gasteiger partial charge < -0.3 is 31.5 Å². The van der Waals surface area contributed by atoms with Crippen LogP contribution in [0.1, 0.15) is 113 Å².